The molecule has 0 aliphatic heterocycles. The van der Waals surface area contributed by atoms with Crippen LogP contribution in [0.2, 0.25) is 0 Å². The highest BCUT2D eigenvalue weighted by Gasteiger charge is 2.37. The summed E-state index contributed by atoms with van der Waals surface area (Å²) in [7, 11) is 0. The van der Waals surface area contributed by atoms with E-state index < -0.39 is 0 Å². The Morgan fingerprint density at radius 1 is 0.500 bits per heavy atom. The van der Waals surface area contributed by atoms with E-state index in [2.05, 4.69) is 48.5 Å². The molecule has 4 saturated carbocycles. The molecule has 0 aromatic carbocycles. The zero-order valence-corrected chi connectivity index (χ0v) is 22.4. The van der Waals surface area contributed by atoms with E-state index >= 15 is 0 Å². The summed E-state index contributed by atoms with van der Waals surface area (Å²) in [6.45, 7) is 16.0. The van der Waals surface area contributed by atoms with Gasteiger partial charge in [-0.2, -0.15) is 0 Å². The first-order valence-corrected chi connectivity index (χ1v) is 14.5. The zero-order valence-electron chi connectivity index (χ0n) is 22.4. The van der Waals surface area contributed by atoms with E-state index in [-0.39, 0.29) is 0 Å². The van der Waals surface area contributed by atoms with E-state index in [1.807, 2.05) is 0 Å². The lowest BCUT2D eigenvalue weighted by Crippen LogP contribution is -2.12. The van der Waals surface area contributed by atoms with Gasteiger partial charge in [0.25, 0.3) is 0 Å². The fraction of sp³-hybridized carbons (Fsp3) is 1.00. The maximum Gasteiger partial charge on any atom is -0.0383 e. The Bertz CT molecular complexity index is 347. The zero-order chi connectivity index (χ0) is 22.4. The van der Waals surface area contributed by atoms with Gasteiger partial charge in [0, 0.05) is 0 Å². The van der Waals surface area contributed by atoms with Gasteiger partial charge in [0.2, 0.25) is 0 Å². The van der Waals surface area contributed by atoms with Crippen molar-refractivity contribution in [1.29, 1.82) is 0 Å². The van der Waals surface area contributed by atoms with Crippen molar-refractivity contribution in [3.8, 4) is 0 Å². The Kier molecular flexibility index (Phi) is 15.5. The first kappa shape index (κ1) is 28.0. The Balaban J connectivity index is 0.000000212. The molecule has 0 N–H and O–H groups in total. The van der Waals surface area contributed by atoms with Crippen molar-refractivity contribution in [3.05, 3.63) is 0 Å². The average Bonchev–Trinajstić information content (AvgIpc) is 3.41. The largest absolute Gasteiger partial charge is 0.0656 e. The van der Waals surface area contributed by atoms with Crippen LogP contribution in [0.5, 0.6) is 0 Å². The number of fused-ring (bicyclic) bond motifs is 2. The van der Waals surface area contributed by atoms with Crippen molar-refractivity contribution >= 4 is 0 Å². The van der Waals surface area contributed by atoms with E-state index in [1.54, 1.807) is 25.7 Å². The van der Waals surface area contributed by atoms with Crippen LogP contribution in [0.4, 0.5) is 0 Å². The Morgan fingerprint density at radius 3 is 1.17 bits per heavy atom. The molecule has 0 heterocycles. The third-order valence-electron chi connectivity index (χ3n) is 8.83. The summed E-state index contributed by atoms with van der Waals surface area (Å²) in [5.74, 6) is 7.62. The highest BCUT2D eigenvalue weighted by atomic mass is 14.4. The van der Waals surface area contributed by atoms with Crippen molar-refractivity contribution in [2.24, 2.45) is 41.4 Å². The lowest BCUT2D eigenvalue weighted by atomic mass is 9.80. The topological polar surface area (TPSA) is 0 Å². The van der Waals surface area contributed by atoms with Crippen molar-refractivity contribution < 1.29 is 0 Å². The Labute approximate surface area is 192 Å². The second-order valence-corrected chi connectivity index (χ2v) is 11.6. The van der Waals surface area contributed by atoms with Gasteiger partial charge in [-0.1, -0.05) is 132 Å². The highest BCUT2D eigenvalue weighted by Crippen LogP contribution is 2.49. The van der Waals surface area contributed by atoms with Crippen LogP contribution in [0.1, 0.15) is 151 Å². The SMILES string of the molecule is CC1CCC(C)CC1.CCC.CCC1CC2CCC1C2.CCC1CCC(CC)CC1. The van der Waals surface area contributed by atoms with Crippen LogP contribution in [-0.2, 0) is 0 Å². The fourth-order valence-electron chi connectivity index (χ4n) is 6.35. The van der Waals surface area contributed by atoms with Gasteiger partial charge in [-0.05, 0) is 60.7 Å². The van der Waals surface area contributed by atoms with Crippen molar-refractivity contribution in [2.75, 3.05) is 0 Å². The molecule has 0 aromatic heterocycles. The molecule has 30 heavy (non-hydrogen) atoms. The molecule has 3 unspecified atom stereocenters. The maximum absolute atomic E-state index is 2.37. The molecule has 4 aliphatic rings. The second-order valence-electron chi connectivity index (χ2n) is 11.6. The van der Waals surface area contributed by atoms with Crippen LogP contribution in [0.25, 0.3) is 0 Å². The molecule has 0 heteroatoms. The molecule has 4 rings (SSSR count). The summed E-state index contributed by atoms with van der Waals surface area (Å²) < 4.78 is 0. The van der Waals surface area contributed by atoms with E-state index in [9.17, 15) is 0 Å². The maximum atomic E-state index is 2.37. The minimum Gasteiger partial charge on any atom is -0.0656 e. The van der Waals surface area contributed by atoms with Gasteiger partial charge >= 0.3 is 0 Å². The van der Waals surface area contributed by atoms with Gasteiger partial charge in [-0.25, -0.2) is 0 Å². The molecular weight excluding hydrogens is 360 g/mol. The summed E-state index contributed by atoms with van der Waals surface area (Å²) in [4.78, 5) is 0. The van der Waals surface area contributed by atoms with Gasteiger partial charge in [0.1, 0.15) is 0 Å². The number of rotatable bonds is 3. The predicted molar refractivity (Wildman–Crippen MR) is 138 cm³/mol. The first-order chi connectivity index (χ1) is 14.5. The van der Waals surface area contributed by atoms with Crippen molar-refractivity contribution in [3.63, 3.8) is 0 Å². The molecule has 0 radical (unpaired) electrons. The van der Waals surface area contributed by atoms with Gasteiger partial charge in [-0.15, -0.1) is 0 Å². The second kappa shape index (κ2) is 16.6. The van der Waals surface area contributed by atoms with Gasteiger partial charge in [-0.3, -0.25) is 0 Å². The van der Waals surface area contributed by atoms with Crippen LogP contribution in [-0.4, -0.2) is 0 Å². The van der Waals surface area contributed by atoms with Crippen molar-refractivity contribution in [2.45, 2.75) is 151 Å². The fourth-order valence-corrected chi connectivity index (χ4v) is 6.35. The van der Waals surface area contributed by atoms with Crippen LogP contribution < -0.4 is 0 Å². The minimum absolute atomic E-state index is 1.02. The molecule has 4 fully saturated rings. The quantitative estimate of drug-likeness (QED) is 0.426. The van der Waals surface area contributed by atoms with Gasteiger partial charge in [0.15, 0.2) is 0 Å². The standard InChI is InChI=1S/C10H20.C9H16.C8H16.C3H8/c1-3-9-5-7-10(4-2)8-6-9;1-2-8-5-7-3-4-9(8)6-7;1-7-3-5-8(2)6-4-7;1-3-2/h9-10H,3-8H2,1-2H3;7-9H,2-6H2,1H3;7-8H,3-6H2,1-2H3;3H2,1-2H3. The normalized spacial score (nSPS) is 37.1. The van der Waals surface area contributed by atoms with Crippen LogP contribution in [0.15, 0.2) is 0 Å². The summed E-state index contributed by atoms with van der Waals surface area (Å²) in [5.41, 5.74) is 0. The summed E-state index contributed by atoms with van der Waals surface area (Å²) in [5, 5.41) is 0. The Hall–Kier alpha value is 0. The van der Waals surface area contributed by atoms with Crippen molar-refractivity contribution in [1.82, 2.24) is 0 Å². The summed E-state index contributed by atoms with van der Waals surface area (Å²) in [6, 6.07) is 0. The highest BCUT2D eigenvalue weighted by molar-refractivity contribution is 4.89. The average molecular weight is 421 g/mol. The van der Waals surface area contributed by atoms with E-state index in [4.69, 9.17) is 0 Å². The smallest absolute Gasteiger partial charge is 0.0383 e. The summed E-state index contributed by atoms with van der Waals surface area (Å²) in [6.07, 6.45) is 23.7. The minimum atomic E-state index is 1.02. The molecule has 2 bridgehead atoms. The molecule has 4 aliphatic carbocycles. The molecule has 0 saturated heterocycles. The van der Waals surface area contributed by atoms with E-state index in [1.165, 1.54) is 77.0 Å². The monoisotopic (exact) mass is 420 g/mol. The molecule has 0 aromatic rings. The van der Waals surface area contributed by atoms with Crippen LogP contribution >= 0.6 is 0 Å². The number of hydrogen-bond donors (Lipinski definition) is 0. The molecule has 0 amide bonds. The Morgan fingerprint density at radius 2 is 0.933 bits per heavy atom. The third-order valence-corrected chi connectivity index (χ3v) is 8.83. The molecule has 0 spiro atoms. The van der Waals surface area contributed by atoms with E-state index in [0.717, 1.165) is 41.4 Å². The lowest BCUT2D eigenvalue weighted by Gasteiger charge is -2.26. The molecule has 3 atom stereocenters. The molecule has 180 valence electrons. The van der Waals surface area contributed by atoms with Crippen LogP contribution in [0, 0.1) is 41.4 Å². The predicted octanol–water partition coefficient (Wildman–Crippen LogP) is 10.7. The van der Waals surface area contributed by atoms with Gasteiger partial charge in [0.05, 0.1) is 0 Å². The summed E-state index contributed by atoms with van der Waals surface area (Å²) >= 11 is 0. The lowest BCUT2D eigenvalue weighted by molar-refractivity contribution is 0.264. The van der Waals surface area contributed by atoms with E-state index in [0.29, 0.717) is 0 Å². The van der Waals surface area contributed by atoms with Crippen LogP contribution in [0.3, 0.4) is 0 Å². The number of hydrogen-bond acceptors (Lipinski definition) is 0. The first-order valence-electron chi connectivity index (χ1n) is 14.5. The van der Waals surface area contributed by atoms with Gasteiger partial charge < -0.3 is 0 Å². The molecule has 0 nitrogen and oxygen atoms in total. The molecular formula is C30H60. The third kappa shape index (κ3) is 11.0.